The SMILES string of the molecule is C1=Cc2cc3ccc(cc4nc(cc5ccc(cc1n2)[nH]5)C=C4)[nH]3.O=c1ccc2ccccc2o1.O=c1ccc2ccccc2o1.[Zn]. The van der Waals surface area contributed by atoms with Crippen LogP contribution in [0.5, 0.6) is 0 Å². The quantitative estimate of drug-likeness (QED) is 0.124. The predicted octanol–water partition coefficient (Wildman–Crippen LogP) is 8.24. The average molecular weight is 668 g/mol. The fraction of sp³-hybridized carbons (Fsp3) is 0. The first-order chi connectivity index (χ1) is 22.5. The molecule has 9 rings (SSSR count). The van der Waals surface area contributed by atoms with Crippen LogP contribution in [0.15, 0.2) is 140 Å². The molecule has 8 nitrogen and oxygen atoms in total. The number of nitrogens with one attached hydrogen (secondary N) is 2. The largest absolute Gasteiger partial charge is 0.423 e. The summed E-state index contributed by atoms with van der Waals surface area (Å²) in [4.78, 5) is 37.5. The summed E-state index contributed by atoms with van der Waals surface area (Å²) < 4.78 is 9.81. The summed E-state index contributed by atoms with van der Waals surface area (Å²) in [7, 11) is 0. The number of hydrogen-bond acceptors (Lipinski definition) is 6. The van der Waals surface area contributed by atoms with Crippen molar-refractivity contribution < 1.29 is 28.3 Å². The van der Waals surface area contributed by atoms with Crippen LogP contribution in [0.1, 0.15) is 22.8 Å². The molecule has 2 aromatic carbocycles. The summed E-state index contributed by atoms with van der Waals surface area (Å²) >= 11 is 0. The van der Waals surface area contributed by atoms with E-state index in [1.807, 2.05) is 85.0 Å². The van der Waals surface area contributed by atoms with Gasteiger partial charge in [0.2, 0.25) is 0 Å². The van der Waals surface area contributed by atoms with Crippen LogP contribution >= 0.6 is 0 Å². The van der Waals surface area contributed by atoms with Crippen molar-refractivity contribution >= 4 is 68.3 Å². The summed E-state index contributed by atoms with van der Waals surface area (Å²) in [5, 5.41) is 1.90. The Balaban J connectivity index is 0.000000140. The minimum atomic E-state index is -0.302. The Bertz CT molecular complexity index is 2300. The number of para-hydroxylation sites is 2. The third-order valence-electron chi connectivity index (χ3n) is 7.10. The fourth-order valence-corrected chi connectivity index (χ4v) is 4.97. The molecular formula is C38H26N4O4Zn. The molecule has 0 atom stereocenters. The Kier molecular flexibility index (Phi) is 9.27. The van der Waals surface area contributed by atoms with Gasteiger partial charge in [0.05, 0.1) is 22.8 Å². The van der Waals surface area contributed by atoms with Gasteiger partial charge in [-0.25, -0.2) is 19.6 Å². The minimum absolute atomic E-state index is 0. The van der Waals surface area contributed by atoms with E-state index in [0.717, 1.165) is 55.6 Å². The molecule has 8 bridgehead atoms. The van der Waals surface area contributed by atoms with Gasteiger partial charge in [-0.2, -0.15) is 0 Å². The Labute approximate surface area is 280 Å². The molecule has 0 spiro atoms. The third kappa shape index (κ3) is 7.85. The number of rotatable bonds is 0. The minimum Gasteiger partial charge on any atom is -0.423 e. The fourth-order valence-electron chi connectivity index (χ4n) is 4.97. The van der Waals surface area contributed by atoms with Crippen LogP contribution in [0.25, 0.3) is 68.3 Å². The molecule has 0 fully saturated rings. The molecule has 224 valence electrons. The molecular weight excluding hydrogens is 642 g/mol. The van der Waals surface area contributed by atoms with Crippen LogP contribution in [0.2, 0.25) is 0 Å². The molecule has 0 unspecified atom stereocenters. The van der Waals surface area contributed by atoms with E-state index in [1.165, 1.54) is 12.1 Å². The van der Waals surface area contributed by atoms with Gasteiger partial charge < -0.3 is 18.8 Å². The van der Waals surface area contributed by atoms with Gasteiger partial charge in [0.1, 0.15) is 11.2 Å². The molecule has 0 aliphatic carbocycles. The summed E-state index contributed by atoms with van der Waals surface area (Å²) in [5.74, 6) is 0. The van der Waals surface area contributed by atoms with Crippen LogP contribution in [0, 0.1) is 0 Å². The van der Waals surface area contributed by atoms with Gasteiger partial charge in [0.15, 0.2) is 0 Å². The second-order valence-corrected chi connectivity index (χ2v) is 10.5. The molecule has 9 heteroatoms. The smallest absolute Gasteiger partial charge is 0.336 e. The van der Waals surface area contributed by atoms with Crippen molar-refractivity contribution in [1.82, 2.24) is 19.9 Å². The van der Waals surface area contributed by atoms with Gasteiger partial charge in [-0.15, -0.1) is 0 Å². The Morgan fingerprint density at radius 2 is 0.766 bits per heavy atom. The Hall–Kier alpha value is -5.92. The molecule has 2 aliphatic rings. The van der Waals surface area contributed by atoms with E-state index in [9.17, 15) is 9.59 Å². The van der Waals surface area contributed by atoms with E-state index in [4.69, 9.17) is 8.83 Å². The zero-order valence-electron chi connectivity index (χ0n) is 25.1. The maximum absolute atomic E-state index is 10.7. The van der Waals surface area contributed by atoms with E-state index in [1.54, 1.807) is 24.3 Å². The normalized spacial score (nSPS) is 11.2. The third-order valence-corrected chi connectivity index (χ3v) is 7.10. The number of hydrogen-bond donors (Lipinski definition) is 2. The molecule has 0 saturated carbocycles. The van der Waals surface area contributed by atoms with E-state index in [0.29, 0.717) is 11.2 Å². The second-order valence-electron chi connectivity index (χ2n) is 10.5. The summed E-state index contributed by atoms with van der Waals surface area (Å²) in [6.07, 6.45) is 8.09. The zero-order chi connectivity index (χ0) is 31.3. The van der Waals surface area contributed by atoms with Gasteiger partial charge in [0, 0.05) is 64.4 Å². The average Bonchev–Trinajstić information content (AvgIpc) is 3.89. The molecule has 2 N–H and O–H groups in total. The molecule has 7 heterocycles. The zero-order valence-corrected chi connectivity index (χ0v) is 28.1. The molecule has 47 heavy (non-hydrogen) atoms. The van der Waals surface area contributed by atoms with E-state index in [-0.39, 0.29) is 30.7 Å². The van der Waals surface area contributed by atoms with Crippen LogP contribution in [-0.2, 0) is 19.5 Å². The molecule has 0 amide bonds. The number of nitrogens with zero attached hydrogens (tertiary/aromatic N) is 2. The van der Waals surface area contributed by atoms with E-state index >= 15 is 0 Å². The standard InChI is InChI=1S/C20H14N4.2C9H6O2.Zn/c1-2-14-10-16-5-6-18(23-16)12-20-8-7-19(24-20)11-17-4-3-15(22-17)9-13(1)21-14;2*10-9-6-5-7-3-1-2-4-8(7)11-9;/h1-12,21,24H;2*1-6H;. The maximum Gasteiger partial charge on any atom is 0.336 e. The van der Waals surface area contributed by atoms with Crippen molar-refractivity contribution in [1.29, 1.82) is 0 Å². The molecule has 7 aromatic rings. The summed E-state index contributed by atoms with van der Waals surface area (Å²) in [6, 6.07) is 37.5. The number of aromatic amines is 2. The van der Waals surface area contributed by atoms with Gasteiger partial charge >= 0.3 is 11.3 Å². The van der Waals surface area contributed by atoms with Gasteiger partial charge in [-0.05, 0) is 97.1 Å². The Morgan fingerprint density at radius 1 is 0.426 bits per heavy atom. The molecule has 2 aliphatic heterocycles. The van der Waals surface area contributed by atoms with Crippen molar-refractivity contribution in [3.63, 3.8) is 0 Å². The number of aromatic nitrogens is 4. The van der Waals surface area contributed by atoms with Crippen molar-refractivity contribution in [2.45, 2.75) is 0 Å². The van der Waals surface area contributed by atoms with Crippen molar-refractivity contribution in [3.8, 4) is 0 Å². The number of fused-ring (bicyclic) bond motifs is 10. The van der Waals surface area contributed by atoms with Crippen LogP contribution in [0.3, 0.4) is 0 Å². The predicted molar refractivity (Wildman–Crippen MR) is 184 cm³/mol. The van der Waals surface area contributed by atoms with Crippen molar-refractivity contribution in [2.24, 2.45) is 0 Å². The first kappa shape index (κ1) is 31.1. The second kappa shape index (κ2) is 14.0. The first-order valence-electron chi connectivity index (χ1n) is 14.5. The molecule has 0 radical (unpaired) electrons. The first-order valence-corrected chi connectivity index (χ1v) is 14.5. The van der Waals surface area contributed by atoms with E-state index < -0.39 is 0 Å². The van der Waals surface area contributed by atoms with E-state index in [2.05, 4.69) is 44.2 Å². The monoisotopic (exact) mass is 666 g/mol. The molecule has 0 saturated heterocycles. The maximum atomic E-state index is 10.7. The van der Waals surface area contributed by atoms with Gasteiger partial charge in [0.25, 0.3) is 0 Å². The topological polar surface area (TPSA) is 118 Å². The summed E-state index contributed by atoms with van der Waals surface area (Å²) in [6.45, 7) is 0. The Morgan fingerprint density at radius 3 is 1.13 bits per heavy atom. The van der Waals surface area contributed by atoms with Crippen molar-refractivity contribution in [2.75, 3.05) is 0 Å². The van der Waals surface area contributed by atoms with Crippen molar-refractivity contribution in [3.05, 3.63) is 165 Å². The molecule has 5 aromatic heterocycles. The number of H-pyrrole nitrogens is 2. The van der Waals surface area contributed by atoms with Crippen LogP contribution in [0.4, 0.5) is 0 Å². The van der Waals surface area contributed by atoms with Gasteiger partial charge in [-0.3, -0.25) is 0 Å². The van der Waals surface area contributed by atoms with Gasteiger partial charge in [-0.1, -0.05) is 36.4 Å². The summed E-state index contributed by atoms with van der Waals surface area (Å²) in [5.41, 5.74) is 8.53. The number of benzene rings is 2. The van der Waals surface area contributed by atoms with Crippen LogP contribution in [-0.4, -0.2) is 19.9 Å². The van der Waals surface area contributed by atoms with Crippen LogP contribution < -0.4 is 11.3 Å².